The Labute approximate surface area is 154 Å². The van der Waals surface area contributed by atoms with Gasteiger partial charge < -0.3 is 15.0 Å². The highest BCUT2D eigenvalue weighted by molar-refractivity contribution is 6.02. The number of nitrogens with zero attached hydrogens (tertiary/aromatic N) is 1. The Morgan fingerprint density at radius 1 is 1.12 bits per heavy atom. The average molecular weight is 348 g/mol. The summed E-state index contributed by atoms with van der Waals surface area (Å²) in [6.07, 6.45) is 4.19. The lowest BCUT2D eigenvalue weighted by Crippen LogP contribution is -2.57. The molecular formula is C22H24N2O2. The van der Waals surface area contributed by atoms with Crippen LogP contribution in [0.5, 0.6) is 5.75 Å². The van der Waals surface area contributed by atoms with E-state index in [1.165, 1.54) is 0 Å². The van der Waals surface area contributed by atoms with Gasteiger partial charge in [0.05, 0.1) is 5.56 Å². The zero-order valence-corrected chi connectivity index (χ0v) is 15.1. The van der Waals surface area contributed by atoms with Crippen molar-refractivity contribution >= 4 is 11.6 Å². The van der Waals surface area contributed by atoms with E-state index in [2.05, 4.69) is 25.4 Å². The second-order valence-electron chi connectivity index (χ2n) is 6.21. The summed E-state index contributed by atoms with van der Waals surface area (Å²) in [5.74, 6) is 0.783. The Morgan fingerprint density at radius 3 is 2.50 bits per heavy atom. The third-order valence-corrected chi connectivity index (χ3v) is 4.73. The number of anilines is 1. The number of rotatable bonds is 7. The van der Waals surface area contributed by atoms with Crippen molar-refractivity contribution in [3.8, 4) is 5.75 Å². The molecule has 0 bridgehead atoms. The fourth-order valence-electron chi connectivity index (χ4n) is 3.45. The second-order valence-corrected chi connectivity index (χ2v) is 6.21. The van der Waals surface area contributed by atoms with E-state index in [0.29, 0.717) is 25.1 Å². The van der Waals surface area contributed by atoms with Crippen molar-refractivity contribution in [2.45, 2.75) is 19.0 Å². The third kappa shape index (κ3) is 2.99. The summed E-state index contributed by atoms with van der Waals surface area (Å²) in [6.45, 7) is 10.5. The standard InChI is InChI=1S/C22H24N2O2/c1-4-15-24-21(25)19-9-7-8-10-20(19)23-22(24,6-3)17-11-13-18(14-12-17)26-16-5-2/h4-5,7-14,23H,1-2,6,15-16H2,3H3. The van der Waals surface area contributed by atoms with Crippen molar-refractivity contribution in [1.82, 2.24) is 4.90 Å². The molecule has 26 heavy (non-hydrogen) atoms. The number of para-hydroxylation sites is 1. The predicted octanol–water partition coefficient (Wildman–Crippen LogP) is 4.57. The first-order valence-corrected chi connectivity index (χ1v) is 8.80. The number of hydrogen-bond donors (Lipinski definition) is 1. The van der Waals surface area contributed by atoms with Crippen molar-refractivity contribution in [1.29, 1.82) is 0 Å². The first-order valence-electron chi connectivity index (χ1n) is 8.80. The molecule has 1 aliphatic rings. The van der Waals surface area contributed by atoms with Gasteiger partial charge in [-0.25, -0.2) is 0 Å². The van der Waals surface area contributed by atoms with E-state index in [9.17, 15) is 4.79 Å². The average Bonchev–Trinajstić information content (AvgIpc) is 2.69. The molecule has 0 aliphatic carbocycles. The van der Waals surface area contributed by atoms with E-state index >= 15 is 0 Å². The molecule has 1 atom stereocenters. The molecule has 0 saturated heterocycles. The molecular weight excluding hydrogens is 324 g/mol. The monoisotopic (exact) mass is 348 g/mol. The number of carbonyl (C=O) groups is 1. The van der Waals surface area contributed by atoms with Gasteiger partial charge in [0.15, 0.2) is 0 Å². The van der Waals surface area contributed by atoms with Crippen LogP contribution in [0.4, 0.5) is 5.69 Å². The van der Waals surface area contributed by atoms with Gasteiger partial charge >= 0.3 is 0 Å². The van der Waals surface area contributed by atoms with E-state index in [0.717, 1.165) is 17.0 Å². The number of ether oxygens (including phenoxy) is 1. The van der Waals surface area contributed by atoms with Crippen LogP contribution in [0.3, 0.4) is 0 Å². The molecule has 0 radical (unpaired) electrons. The maximum absolute atomic E-state index is 13.2. The summed E-state index contributed by atoms with van der Waals surface area (Å²) >= 11 is 0. The Bertz CT molecular complexity index is 813. The molecule has 2 aromatic carbocycles. The lowest BCUT2D eigenvalue weighted by molar-refractivity contribution is 0.0524. The topological polar surface area (TPSA) is 41.6 Å². The Balaban J connectivity index is 2.06. The predicted molar refractivity (Wildman–Crippen MR) is 105 cm³/mol. The highest BCUT2D eigenvalue weighted by Crippen LogP contribution is 2.40. The van der Waals surface area contributed by atoms with Crippen LogP contribution in [0.15, 0.2) is 73.8 Å². The SMILES string of the molecule is C=CCOc1ccc(C2(CC)Nc3ccccc3C(=O)N2CC=C)cc1. The first-order chi connectivity index (χ1) is 12.7. The van der Waals surface area contributed by atoms with E-state index in [-0.39, 0.29) is 5.91 Å². The minimum atomic E-state index is -0.628. The lowest BCUT2D eigenvalue weighted by atomic mass is 9.89. The zero-order chi connectivity index (χ0) is 18.6. The molecule has 2 aromatic rings. The molecule has 3 rings (SSSR count). The van der Waals surface area contributed by atoms with Crippen LogP contribution in [0.2, 0.25) is 0 Å². The molecule has 4 heteroatoms. The van der Waals surface area contributed by atoms with Gasteiger partial charge in [0.2, 0.25) is 0 Å². The van der Waals surface area contributed by atoms with Crippen molar-refractivity contribution in [3.63, 3.8) is 0 Å². The molecule has 4 nitrogen and oxygen atoms in total. The number of amides is 1. The van der Waals surface area contributed by atoms with Gasteiger partial charge in [-0.15, -0.1) is 6.58 Å². The van der Waals surface area contributed by atoms with Gasteiger partial charge in [0.1, 0.15) is 18.0 Å². The van der Waals surface area contributed by atoms with Crippen LogP contribution >= 0.6 is 0 Å². The van der Waals surface area contributed by atoms with Gasteiger partial charge in [0.25, 0.3) is 5.91 Å². The van der Waals surface area contributed by atoms with E-state index in [1.54, 1.807) is 12.2 Å². The Hall–Kier alpha value is -3.01. The summed E-state index contributed by atoms with van der Waals surface area (Å²) in [5.41, 5.74) is 1.92. The number of carbonyl (C=O) groups excluding carboxylic acids is 1. The minimum Gasteiger partial charge on any atom is -0.490 e. The molecule has 0 fully saturated rings. The number of fused-ring (bicyclic) bond motifs is 1. The molecule has 1 amide bonds. The van der Waals surface area contributed by atoms with Gasteiger partial charge in [-0.3, -0.25) is 4.79 Å². The van der Waals surface area contributed by atoms with Gasteiger partial charge in [-0.05, 0) is 36.2 Å². The first kappa shape index (κ1) is 17.8. The fourth-order valence-corrected chi connectivity index (χ4v) is 3.45. The molecule has 1 heterocycles. The van der Waals surface area contributed by atoms with Crippen molar-refractivity contribution < 1.29 is 9.53 Å². The number of nitrogens with one attached hydrogen (secondary N) is 1. The third-order valence-electron chi connectivity index (χ3n) is 4.73. The van der Waals surface area contributed by atoms with Crippen LogP contribution in [-0.4, -0.2) is 24.0 Å². The van der Waals surface area contributed by atoms with Gasteiger partial charge in [-0.2, -0.15) is 0 Å². The zero-order valence-electron chi connectivity index (χ0n) is 15.1. The Kier molecular flexibility index (Phi) is 5.12. The van der Waals surface area contributed by atoms with E-state index in [4.69, 9.17) is 4.74 Å². The van der Waals surface area contributed by atoms with Gasteiger partial charge in [-0.1, -0.05) is 49.9 Å². The summed E-state index contributed by atoms with van der Waals surface area (Å²) in [4.78, 5) is 15.0. The second kappa shape index (κ2) is 7.48. The molecule has 1 N–H and O–H groups in total. The van der Waals surface area contributed by atoms with Crippen LogP contribution in [0.1, 0.15) is 29.3 Å². The van der Waals surface area contributed by atoms with Crippen LogP contribution in [0, 0.1) is 0 Å². The van der Waals surface area contributed by atoms with Crippen molar-refractivity contribution in [3.05, 3.63) is 85.0 Å². The molecule has 0 spiro atoms. The largest absolute Gasteiger partial charge is 0.490 e. The lowest BCUT2D eigenvalue weighted by Gasteiger charge is -2.48. The number of benzene rings is 2. The summed E-state index contributed by atoms with van der Waals surface area (Å²) < 4.78 is 5.58. The van der Waals surface area contributed by atoms with Crippen LogP contribution in [-0.2, 0) is 5.66 Å². The van der Waals surface area contributed by atoms with Crippen LogP contribution in [0.25, 0.3) is 0 Å². The highest BCUT2D eigenvalue weighted by atomic mass is 16.5. The maximum atomic E-state index is 13.2. The summed E-state index contributed by atoms with van der Waals surface area (Å²) in [6, 6.07) is 15.5. The minimum absolute atomic E-state index is 0.00749. The summed E-state index contributed by atoms with van der Waals surface area (Å²) in [5, 5.41) is 3.60. The maximum Gasteiger partial charge on any atom is 0.258 e. The normalized spacial score (nSPS) is 18.7. The van der Waals surface area contributed by atoms with Crippen molar-refractivity contribution in [2.24, 2.45) is 0 Å². The fraction of sp³-hybridized carbons (Fsp3) is 0.227. The van der Waals surface area contributed by atoms with Gasteiger partial charge in [0, 0.05) is 12.2 Å². The quantitative estimate of drug-likeness (QED) is 0.745. The molecule has 134 valence electrons. The molecule has 1 unspecified atom stereocenters. The summed E-state index contributed by atoms with van der Waals surface area (Å²) in [7, 11) is 0. The Morgan fingerprint density at radius 2 is 1.85 bits per heavy atom. The highest BCUT2D eigenvalue weighted by Gasteiger charge is 2.44. The van der Waals surface area contributed by atoms with Crippen LogP contribution < -0.4 is 10.1 Å². The van der Waals surface area contributed by atoms with Crippen molar-refractivity contribution in [2.75, 3.05) is 18.5 Å². The smallest absolute Gasteiger partial charge is 0.258 e. The number of hydrogen-bond acceptors (Lipinski definition) is 3. The van der Waals surface area contributed by atoms with E-state index < -0.39 is 5.66 Å². The molecule has 0 aromatic heterocycles. The molecule has 1 aliphatic heterocycles. The van der Waals surface area contributed by atoms with E-state index in [1.807, 2.05) is 53.4 Å². The molecule has 0 saturated carbocycles.